The molecule has 0 spiro atoms. The molecule has 4 N–H and O–H groups in total. The third kappa shape index (κ3) is 5.21. The highest BCUT2D eigenvalue weighted by Crippen LogP contribution is 2.36. The normalized spacial score (nSPS) is 14.6. The number of benzene rings is 2. The monoisotopic (exact) mass is 509 g/mol. The summed E-state index contributed by atoms with van der Waals surface area (Å²) in [6.45, 7) is 1.59. The molecule has 37 heavy (non-hydrogen) atoms. The minimum Gasteiger partial charge on any atom is -0.507 e. The molecule has 1 saturated heterocycles. The maximum Gasteiger partial charge on any atom is 0.266 e. The van der Waals surface area contributed by atoms with Crippen LogP contribution < -0.4 is 16.0 Å². The minimum atomic E-state index is -0.391. The number of nitrogens with zero attached hydrogens (tertiary/aromatic N) is 2. The predicted octanol–water partition coefficient (Wildman–Crippen LogP) is 4.40. The Morgan fingerprint density at radius 1 is 1.05 bits per heavy atom. The van der Waals surface area contributed by atoms with E-state index in [1.165, 1.54) is 11.3 Å². The number of anilines is 1. The smallest absolute Gasteiger partial charge is 0.266 e. The summed E-state index contributed by atoms with van der Waals surface area (Å²) in [6, 6.07) is 21.1. The zero-order chi connectivity index (χ0) is 25.8. The summed E-state index contributed by atoms with van der Waals surface area (Å²) in [4.78, 5) is 30.8. The minimum absolute atomic E-state index is 0.0134. The van der Waals surface area contributed by atoms with Crippen molar-refractivity contribution in [1.82, 2.24) is 15.6 Å². The summed E-state index contributed by atoms with van der Waals surface area (Å²) in [5.74, 6) is -0.504. The van der Waals surface area contributed by atoms with E-state index in [2.05, 4.69) is 27.0 Å². The fourth-order valence-corrected chi connectivity index (χ4v) is 4.87. The van der Waals surface area contributed by atoms with Gasteiger partial charge >= 0.3 is 0 Å². The van der Waals surface area contributed by atoms with Crippen molar-refractivity contribution in [2.75, 3.05) is 18.4 Å². The summed E-state index contributed by atoms with van der Waals surface area (Å²) in [5, 5.41) is 31.4. The number of hydrogen-bond donors (Lipinski definition) is 4. The first-order chi connectivity index (χ1) is 18.0. The maximum absolute atomic E-state index is 12.9. The number of rotatable bonds is 6. The van der Waals surface area contributed by atoms with Gasteiger partial charge in [-0.15, -0.1) is 11.3 Å². The van der Waals surface area contributed by atoms with Crippen LogP contribution >= 0.6 is 11.3 Å². The van der Waals surface area contributed by atoms with Crippen molar-refractivity contribution >= 4 is 29.0 Å². The van der Waals surface area contributed by atoms with Crippen LogP contribution in [0.25, 0.3) is 22.4 Å². The predicted molar refractivity (Wildman–Crippen MR) is 143 cm³/mol. The van der Waals surface area contributed by atoms with Crippen molar-refractivity contribution in [1.29, 1.82) is 5.26 Å². The first kappa shape index (κ1) is 24.2. The Labute approximate surface area is 217 Å². The van der Waals surface area contributed by atoms with Gasteiger partial charge in [0.15, 0.2) is 5.82 Å². The Morgan fingerprint density at radius 3 is 2.65 bits per heavy atom. The second-order valence-electron chi connectivity index (χ2n) is 8.58. The van der Waals surface area contributed by atoms with Gasteiger partial charge in [-0.2, -0.15) is 5.26 Å². The van der Waals surface area contributed by atoms with E-state index in [1.807, 2.05) is 0 Å². The van der Waals surface area contributed by atoms with Gasteiger partial charge in [-0.3, -0.25) is 9.59 Å². The highest BCUT2D eigenvalue weighted by Gasteiger charge is 2.21. The molecule has 1 unspecified atom stereocenters. The van der Waals surface area contributed by atoms with Crippen LogP contribution in [0.3, 0.4) is 0 Å². The highest BCUT2D eigenvalue weighted by molar-refractivity contribution is 7.12. The number of amides is 2. The van der Waals surface area contributed by atoms with Gasteiger partial charge in [0.2, 0.25) is 0 Å². The average Bonchev–Trinajstić information content (AvgIpc) is 3.63. The number of aromatic hydroxyl groups is 1. The molecule has 0 bridgehead atoms. The molecule has 8 nitrogen and oxygen atoms in total. The fraction of sp³-hybridized carbons (Fsp3) is 0.143. The number of thiophene rings is 1. The standard InChI is InChI=1S/C28H23N5O3S/c29-15-22-21(17-5-3-6-18(13-17)27(35)31-19-10-11-30-16-19)14-23(20-7-1-2-8-24(20)34)32-26(22)33-28(36)25-9-4-12-37-25/h1-9,12-14,19,30,34H,10-11,16H2,(H,31,35)(H,32,33,36). The Morgan fingerprint density at radius 2 is 1.92 bits per heavy atom. The van der Waals surface area contributed by atoms with Crippen molar-refractivity contribution in [3.63, 3.8) is 0 Å². The molecule has 1 aliphatic heterocycles. The molecule has 4 aromatic rings. The molecule has 9 heteroatoms. The number of carbonyl (C=O) groups is 2. The lowest BCUT2D eigenvalue weighted by molar-refractivity contribution is 0.0939. The van der Waals surface area contributed by atoms with E-state index in [0.717, 1.165) is 19.5 Å². The van der Waals surface area contributed by atoms with Crippen molar-refractivity contribution in [2.45, 2.75) is 12.5 Å². The molecular formula is C28H23N5O3S. The van der Waals surface area contributed by atoms with Crippen molar-refractivity contribution < 1.29 is 14.7 Å². The number of nitrogens with one attached hydrogen (secondary N) is 3. The van der Waals surface area contributed by atoms with Gasteiger partial charge in [-0.25, -0.2) is 4.98 Å². The topological polar surface area (TPSA) is 127 Å². The highest BCUT2D eigenvalue weighted by atomic mass is 32.1. The van der Waals surface area contributed by atoms with Crippen molar-refractivity contribution in [3.8, 4) is 34.2 Å². The second kappa shape index (κ2) is 10.6. The van der Waals surface area contributed by atoms with Crippen LogP contribution in [0, 0.1) is 11.3 Å². The number of pyridine rings is 1. The molecule has 1 aliphatic rings. The van der Waals surface area contributed by atoms with Crippen LogP contribution in [0.1, 0.15) is 32.0 Å². The molecule has 2 aromatic heterocycles. The molecule has 0 saturated carbocycles. The Kier molecular flexibility index (Phi) is 6.94. The van der Waals surface area contributed by atoms with Gasteiger partial charge in [0, 0.05) is 29.3 Å². The van der Waals surface area contributed by atoms with Crippen LogP contribution in [0.5, 0.6) is 5.75 Å². The summed E-state index contributed by atoms with van der Waals surface area (Å²) in [6.07, 6.45) is 0.867. The summed E-state index contributed by atoms with van der Waals surface area (Å²) >= 11 is 1.27. The molecule has 3 heterocycles. The van der Waals surface area contributed by atoms with Gasteiger partial charge < -0.3 is 21.1 Å². The molecular weight excluding hydrogens is 486 g/mol. The van der Waals surface area contributed by atoms with Crippen LogP contribution in [-0.4, -0.2) is 41.0 Å². The number of carbonyl (C=O) groups excluding carboxylic acids is 2. The summed E-state index contributed by atoms with van der Waals surface area (Å²) < 4.78 is 0. The van der Waals surface area contributed by atoms with Crippen molar-refractivity contribution in [2.24, 2.45) is 0 Å². The van der Waals surface area contributed by atoms with E-state index in [1.54, 1.807) is 72.1 Å². The molecule has 5 rings (SSSR count). The third-order valence-electron chi connectivity index (χ3n) is 6.12. The number of phenols is 1. The van der Waals surface area contributed by atoms with Gasteiger partial charge in [-0.1, -0.05) is 30.3 Å². The number of nitriles is 1. The van der Waals surface area contributed by atoms with Crippen LogP contribution in [-0.2, 0) is 0 Å². The van der Waals surface area contributed by atoms with Gasteiger partial charge in [0.25, 0.3) is 11.8 Å². The zero-order valence-corrected chi connectivity index (χ0v) is 20.5. The molecule has 2 aromatic carbocycles. The lowest BCUT2D eigenvalue weighted by Crippen LogP contribution is -2.36. The average molecular weight is 510 g/mol. The fourth-order valence-electron chi connectivity index (χ4n) is 4.26. The molecule has 184 valence electrons. The van der Waals surface area contributed by atoms with E-state index in [4.69, 9.17) is 0 Å². The number of phenolic OH excluding ortho intramolecular Hbond substituents is 1. The third-order valence-corrected chi connectivity index (χ3v) is 6.99. The number of para-hydroxylation sites is 1. The largest absolute Gasteiger partial charge is 0.507 e. The van der Waals surface area contributed by atoms with E-state index in [-0.39, 0.29) is 29.1 Å². The first-order valence-corrected chi connectivity index (χ1v) is 12.6. The Balaban J connectivity index is 1.60. The molecule has 1 fully saturated rings. The molecule has 0 aliphatic carbocycles. The van der Waals surface area contributed by atoms with Gasteiger partial charge in [-0.05, 0) is 60.3 Å². The maximum atomic E-state index is 12.9. The van der Waals surface area contributed by atoms with Crippen LogP contribution in [0.4, 0.5) is 5.82 Å². The Bertz CT molecular complexity index is 1500. The van der Waals surface area contributed by atoms with Crippen molar-refractivity contribution in [3.05, 3.63) is 88.1 Å². The van der Waals surface area contributed by atoms with E-state index in [9.17, 15) is 20.0 Å². The molecule has 1 atom stereocenters. The number of hydrogen-bond acceptors (Lipinski definition) is 7. The molecule has 2 amide bonds. The lowest BCUT2D eigenvalue weighted by Gasteiger charge is -2.15. The first-order valence-electron chi connectivity index (χ1n) is 11.7. The zero-order valence-electron chi connectivity index (χ0n) is 19.7. The van der Waals surface area contributed by atoms with Crippen LogP contribution in [0.15, 0.2) is 72.1 Å². The van der Waals surface area contributed by atoms with Gasteiger partial charge in [0.1, 0.15) is 17.4 Å². The lowest BCUT2D eigenvalue weighted by atomic mass is 9.96. The number of aromatic nitrogens is 1. The SMILES string of the molecule is N#Cc1c(-c2cccc(C(=O)NC3CCNC3)c2)cc(-c2ccccc2O)nc1NC(=O)c1cccs1. The Hall–Kier alpha value is -4.52. The van der Waals surface area contributed by atoms with E-state index >= 15 is 0 Å². The second-order valence-corrected chi connectivity index (χ2v) is 9.53. The van der Waals surface area contributed by atoms with Crippen LogP contribution in [0.2, 0.25) is 0 Å². The van der Waals surface area contributed by atoms with E-state index < -0.39 is 5.91 Å². The summed E-state index contributed by atoms with van der Waals surface area (Å²) in [7, 11) is 0. The molecule has 0 radical (unpaired) electrons. The quantitative estimate of drug-likeness (QED) is 0.305. The summed E-state index contributed by atoms with van der Waals surface area (Å²) in [5.41, 5.74) is 2.52. The van der Waals surface area contributed by atoms with E-state index in [0.29, 0.717) is 32.8 Å². The van der Waals surface area contributed by atoms with Gasteiger partial charge in [0.05, 0.1) is 10.6 Å².